The Morgan fingerprint density at radius 3 is 2.28 bits per heavy atom. The zero-order chi connectivity index (χ0) is 13.1. The van der Waals surface area contributed by atoms with Crippen LogP contribution in [0.5, 0.6) is 0 Å². The van der Waals surface area contributed by atoms with E-state index in [1.165, 1.54) is 42.4 Å². The summed E-state index contributed by atoms with van der Waals surface area (Å²) in [7, 11) is 0. The lowest BCUT2D eigenvalue weighted by atomic mass is 9.93. The van der Waals surface area contributed by atoms with Gasteiger partial charge in [0, 0.05) is 6.04 Å². The minimum Gasteiger partial charge on any atom is -0.313 e. The van der Waals surface area contributed by atoms with Crippen LogP contribution in [0.15, 0.2) is 12.1 Å². The SMILES string of the molecule is CCCNC(Cc1c(C)cc(C)cc1C)C1CC1. The molecule has 1 heteroatoms. The Bertz CT molecular complexity index is 381. The molecule has 1 fully saturated rings. The average molecular weight is 245 g/mol. The first-order valence-electron chi connectivity index (χ1n) is 7.42. The monoisotopic (exact) mass is 245 g/mol. The molecule has 0 heterocycles. The molecule has 1 aliphatic carbocycles. The summed E-state index contributed by atoms with van der Waals surface area (Å²) in [6.07, 6.45) is 5.29. The normalized spacial score (nSPS) is 16.9. The van der Waals surface area contributed by atoms with Crippen LogP contribution < -0.4 is 5.32 Å². The Kier molecular flexibility index (Phi) is 4.45. The van der Waals surface area contributed by atoms with Gasteiger partial charge in [0.05, 0.1) is 0 Å². The van der Waals surface area contributed by atoms with Crippen LogP contribution in [0.1, 0.15) is 48.4 Å². The second-order valence-corrected chi connectivity index (χ2v) is 5.98. The predicted octanol–water partition coefficient (Wildman–Crippen LogP) is 3.93. The van der Waals surface area contributed by atoms with E-state index in [1.807, 2.05) is 0 Å². The van der Waals surface area contributed by atoms with Crippen molar-refractivity contribution in [3.8, 4) is 0 Å². The Balaban J connectivity index is 2.10. The highest BCUT2D eigenvalue weighted by atomic mass is 14.9. The third kappa shape index (κ3) is 3.35. The molecular formula is C17H27N. The van der Waals surface area contributed by atoms with Gasteiger partial charge in [0.25, 0.3) is 0 Å². The smallest absolute Gasteiger partial charge is 0.0136 e. The van der Waals surface area contributed by atoms with Crippen molar-refractivity contribution in [1.29, 1.82) is 0 Å². The van der Waals surface area contributed by atoms with E-state index >= 15 is 0 Å². The third-order valence-corrected chi connectivity index (χ3v) is 4.11. The van der Waals surface area contributed by atoms with Gasteiger partial charge < -0.3 is 5.32 Å². The lowest BCUT2D eigenvalue weighted by Gasteiger charge is -2.21. The summed E-state index contributed by atoms with van der Waals surface area (Å²) in [6.45, 7) is 10.1. The van der Waals surface area contributed by atoms with E-state index in [1.54, 1.807) is 5.56 Å². The third-order valence-electron chi connectivity index (χ3n) is 4.11. The molecule has 1 aromatic rings. The highest BCUT2D eigenvalue weighted by molar-refractivity contribution is 5.38. The van der Waals surface area contributed by atoms with Gasteiger partial charge in [-0.15, -0.1) is 0 Å². The summed E-state index contributed by atoms with van der Waals surface area (Å²) in [4.78, 5) is 0. The number of benzene rings is 1. The molecule has 0 aliphatic heterocycles. The van der Waals surface area contributed by atoms with Crippen molar-refractivity contribution in [2.24, 2.45) is 5.92 Å². The second-order valence-electron chi connectivity index (χ2n) is 5.98. The number of nitrogens with one attached hydrogen (secondary N) is 1. The molecule has 0 saturated heterocycles. The molecule has 0 spiro atoms. The minimum atomic E-state index is 0.699. The maximum atomic E-state index is 3.75. The molecule has 2 rings (SSSR count). The minimum absolute atomic E-state index is 0.699. The van der Waals surface area contributed by atoms with Crippen LogP contribution in [-0.4, -0.2) is 12.6 Å². The Hall–Kier alpha value is -0.820. The first-order valence-corrected chi connectivity index (χ1v) is 7.42. The second kappa shape index (κ2) is 5.88. The van der Waals surface area contributed by atoms with Gasteiger partial charge >= 0.3 is 0 Å². The summed E-state index contributed by atoms with van der Waals surface area (Å²) < 4.78 is 0. The van der Waals surface area contributed by atoms with Crippen molar-refractivity contribution in [2.75, 3.05) is 6.54 Å². The Morgan fingerprint density at radius 2 is 1.78 bits per heavy atom. The molecule has 18 heavy (non-hydrogen) atoms. The molecule has 100 valence electrons. The van der Waals surface area contributed by atoms with E-state index in [0.717, 1.165) is 12.5 Å². The highest BCUT2D eigenvalue weighted by Crippen LogP contribution is 2.35. The van der Waals surface area contributed by atoms with Crippen LogP contribution in [0.2, 0.25) is 0 Å². The van der Waals surface area contributed by atoms with Crippen molar-refractivity contribution in [3.63, 3.8) is 0 Å². The molecule has 0 radical (unpaired) electrons. The Morgan fingerprint density at radius 1 is 1.17 bits per heavy atom. The van der Waals surface area contributed by atoms with Gasteiger partial charge in [-0.3, -0.25) is 0 Å². The fraction of sp³-hybridized carbons (Fsp3) is 0.647. The number of aryl methyl sites for hydroxylation is 3. The molecule has 1 nitrogen and oxygen atoms in total. The molecule has 0 aromatic heterocycles. The Labute approximate surface area is 112 Å². The maximum Gasteiger partial charge on any atom is 0.0136 e. The molecule has 0 amide bonds. The van der Waals surface area contributed by atoms with E-state index in [0.29, 0.717) is 6.04 Å². The van der Waals surface area contributed by atoms with Gasteiger partial charge in [0.1, 0.15) is 0 Å². The van der Waals surface area contributed by atoms with E-state index < -0.39 is 0 Å². The lowest BCUT2D eigenvalue weighted by Crippen LogP contribution is -2.34. The van der Waals surface area contributed by atoms with E-state index in [-0.39, 0.29) is 0 Å². The van der Waals surface area contributed by atoms with Crippen LogP contribution in [0.4, 0.5) is 0 Å². The van der Waals surface area contributed by atoms with E-state index in [2.05, 4.69) is 45.1 Å². The fourth-order valence-electron chi connectivity index (χ4n) is 2.99. The standard InChI is InChI=1S/C17H27N/c1-5-8-18-17(15-6-7-15)11-16-13(3)9-12(2)10-14(16)4/h9-10,15,17-18H,5-8,11H2,1-4H3. The first-order chi connectivity index (χ1) is 8.61. The number of hydrogen-bond acceptors (Lipinski definition) is 1. The van der Waals surface area contributed by atoms with Crippen LogP contribution in [0.25, 0.3) is 0 Å². The molecule has 1 atom stereocenters. The zero-order valence-electron chi connectivity index (χ0n) is 12.3. The van der Waals surface area contributed by atoms with Gasteiger partial charge in [0.2, 0.25) is 0 Å². The van der Waals surface area contributed by atoms with Crippen molar-refractivity contribution < 1.29 is 0 Å². The summed E-state index contributed by atoms with van der Waals surface area (Å²) >= 11 is 0. The van der Waals surface area contributed by atoms with E-state index in [9.17, 15) is 0 Å². The van der Waals surface area contributed by atoms with Gasteiger partial charge in [-0.05, 0) is 75.6 Å². The summed E-state index contributed by atoms with van der Waals surface area (Å²) in [5.74, 6) is 0.927. The number of hydrogen-bond donors (Lipinski definition) is 1. The predicted molar refractivity (Wildman–Crippen MR) is 79.2 cm³/mol. The maximum absolute atomic E-state index is 3.75. The molecule has 1 unspecified atom stereocenters. The molecule has 1 N–H and O–H groups in total. The summed E-state index contributed by atoms with van der Waals surface area (Å²) in [5, 5.41) is 3.75. The quantitative estimate of drug-likeness (QED) is 0.800. The molecule has 1 aliphatic rings. The van der Waals surface area contributed by atoms with Crippen molar-refractivity contribution in [1.82, 2.24) is 5.32 Å². The average Bonchev–Trinajstić information content (AvgIpc) is 3.11. The molecular weight excluding hydrogens is 218 g/mol. The van der Waals surface area contributed by atoms with Crippen molar-refractivity contribution in [3.05, 3.63) is 34.4 Å². The van der Waals surface area contributed by atoms with Crippen molar-refractivity contribution >= 4 is 0 Å². The first kappa shape index (κ1) is 13.6. The lowest BCUT2D eigenvalue weighted by molar-refractivity contribution is 0.458. The van der Waals surface area contributed by atoms with Gasteiger partial charge in [0.15, 0.2) is 0 Å². The van der Waals surface area contributed by atoms with Gasteiger partial charge in [-0.25, -0.2) is 0 Å². The molecule has 1 saturated carbocycles. The molecule has 0 bridgehead atoms. The summed E-state index contributed by atoms with van der Waals surface area (Å²) in [6, 6.07) is 5.35. The van der Waals surface area contributed by atoms with Crippen LogP contribution in [0, 0.1) is 26.7 Å². The zero-order valence-corrected chi connectivity index (χ0v) is 12.3. The highest BCUT2D eigenvalue weighted by Gasteiger charge is 2.31. The topological polar surface area (TPSA) is 12.0 Å². The summed E-state index contributed by atoms with van der Waals surface area (Å²) in [5.41, 5.74) is 5.90. The fourth-order valence-corrected chi connectivity index (χ4v) is 2.99. The van der Waals surface area contributed by atoms with Gasteiger partial charge in [-0.2, -0.15) is 0 Å². The molecule has 1 aromatic carbocycles. The van der Waals surface area contributed by atoms with Gasteiger partial charge in [-0.1, -0.05) is 24.6 Å². The van der Waals surface area contributed by atoms with E-state index in [4.69, 9.17) is 0 Å². The number of rotatable bonds is 6. The largest absolute Gasteiger partial charge is 0.313 e. The van der Waals surface area contributed by atoms with Crippen LogP contribution >= 0.6 is 0 Å². The van der Waals surface area contributed by atoms with Crippen molar-refractivity contribution in [2.45, 2.75) is 59.4 Å². The van der Waals surface area contributed by atoms with Crippen LogP contribution in [-0.2, 0) is 6.42 Å². The van der Waals surface area contributed by atoms with Crippen LogP contribution in [0.3, 0.4) is 0 Å².